The third-order valence-corrected chi connectivity index (χ3v) is 4.61. The summed E-state index contributed by atoms with van der Waals surface area (Å²) in [5, 5.41) is 5.62. The first-order valence-electron chi connectivity index (χ1n) is 9.57. The standard InChI is InChI=1S/C25H24N2O3/c1-17-8-9-19(18(2)16-17)12-15-24(28)26-21-13-10-20(11-14-21)25(29)27-22-6-4-5-7-23(22)30-3/h4-16H,1-3H3,(H,26,28)(H,27,29)/b15-12+. The van der Waals surface area contributed by atoms with Crippen LogP contribution in [0.15, 0.2) is 72.8 Å². The SMILES string of the molecule is COc1ccccc1NC(=O)c1ccc(NC(=O)/C=C/c2ccc(C)cc2C)cc1. The predicted molar refractivity (Wildman–Crippen MR) is 121 cm³/mol. The second kappa shape index (κ2) is 9.56. The Morgan fingerprint density at radius 3 is 2.33 bits per heavy atom. The lowest BCUT2D eigenvalue weighted by atomic mass is 10.1. The molecular formula is C25H24N2O3. The molecule has 5 nitrogen and oxygen atoms in total. The number of carbonyl (C=O) groups is 2. The van der Waals surface area contributed by atoms with Crippen LogP contribution in [0, 0.1) is 13.8 Å². The van der Waals surface area contributed by atoms with Gasteiger partial charge >= 0.3 is 0 Å². The third-order valence-electron chi connectivity index (χ3n) is 4.61. The van der Waals surface area contributed by atoms with Crippen molar-refractivity contribution in [1.82, 2.24) is 0 Å². The number of hydrogen-bond acceptors (Lipinski definition) is 3. The Morgan fingerprint density at radius 2 is 1.63 bits per heavy atom. The summed E-state index contributed by atoms with van der Waals surface area (Å²) in [6.45, 7) is 4.05. The molecule has 3 rings (SSSR count). The van der Waals surface area contributed by atoms with Gasteiger partial charge in [-0.1, -0.05) is 35.9 Å². The fourth-order valence-corrected chi connectivity index (χ4v) is 3.01. The number of anilines is 2. The summed E-state index contributed by atoms with van der Waals surface area (Å²) in [5.41, 5.74) is 4.98. The van der Waals surface area contributed by atoms with Crippen LogP contribution in [0.3, 0.4) is 0 Å². The minimum absolute atomic E-state index is 0.235. The van der Waals surface area contributed by atoms with Gasteiger partial charge in [0.15, 0.2) is 0 Å². The molecule has 0 aliphatic heterocycles. The zero-order chi connectivity index (χ0) is 21.5. The summed E-state index contributed by atoms with van der Waals surface area (Å²) in [6.07, 6.45) is 3.29. The van der Waals surface area contributed by atoms with Gasteiger partial charge in [-0.25, -0.2) is 0 Å². The Labute approximate surface area is 176 Å². The molecule has 0 aliphatic rings. The van der Waals surface area contributed by atoms with Gasteiger partial charge in [0.05, 0.1) is 12.8 Å². The van der Waals surface area contributed by atoms with Crippen molar-refractivity contribution in [2.24, 2.45) is 0 Å². The molecule has 0 heterocycles. The van der Waals surface area contributed by atoms with Gasteiger partial charge in [0.2, 0.25) is 5.91 Å². The molecular weight excluding hydrogens is 376 g/mol. The van der Waals surface area contributed by atoms with E-state index in [-0.39, 0.29) is 11.8 Å². The van der Waals surface area contributed by atoms with E-state index < -0.39 is 0 Å². The maximum atomic E-state index is 12.5. The first-order chi connectivity index (χ1) is 14.5. The van der Waals surface area contributed by atoms with Crippen LogP contribution in [-0.4, -0.2) is 18.9 Å². The highest BCUT2D eigenvalue weighted by atomic mass is 16.5. The van der Waals surface area contributed by atoms with Crippen molar-refractivity contribution in [3.05, 3.63) is 95.1 Å². The van der Waals surface area contributed by atoms with Gasteiger partial charge in [-0.2, -0.15) is 0 Å². The fraction of sp³-hybridized carbons (Fsp3) is 0.120. The monoisotopic (exact) mass is 400 g/mol. The van der Waals surface area contributed by atoms with E-state index in [4.69, 9.17) is 4.74 Å². The van der Waals surface area contributed by atoms with Crippen molar-refractivity contribution in [3.8, 4) is 5.75 Å². The van der Waals surface area contributed by atoms with Crippen molar-refractivity contribution < 1.29 is 14.3 Å². The summed E-state index contributed by atoms with van der Waals surface area (Å²) in [4.78, 5) is 24.7. The highest BCUT2D eigenvalue weighted by Crippen LogP contribution is 2.24. The average molecular weight is 400 g/mol. The Balaban J connectivity index is 1.61. The highest BCUT2D eigenvalue weighted by Gasteiger charge is 2.09. The molecule has 2 N–H and O–H groups in total. The number of nitrogens with one attached hydrogen (secondary N) is 2. The largest absolute Gasteiger partial charge is 0.495 e. The third kappa shape index (κ3) is 5.35. The molecule has 0 bridgehead atoms. The van der Waals surface area contributed by atoms with Crippen LogP contribution in [-0.2, 0) is 4.79 Å². The minimum Gasteiger partial charge on any atom is -0.495 e. The number of para-hydroxylation sites is 2. The fourth-order valence-electron chi connectivity index (χ4n) is 3.01. The van der Waals surface area contributed by atoms with E-state index in [9.17, 15) is 9.59 Å². The number of hydrogen-bond donors (Lipinski definition) is 2. The van der Waals surface area contributed by atoms with Crippen molar-refractivity contribution in [2.75, 3.05) is 17.7 Å². The van der Waals surface area contributed by atoms with Gasteiger partial charge in [-0.15, -0.1) is 0 Å². The van der Waals surface area contributed by atoms with Gasteiger partial charge < -0.3 is 15.4 Å². The van der Waals surface area contributed by atoms with Crippen LogP contribution in [0.1, 0.15) is 27.0 Å². The van der Waals surface area contributed by atoms with E-state index in [1.165, 1.54) is 11.6 Å². The summed E-state index contributed by atoms with van der Waals surface area (Å²) in [5.74, 6) is 0.0960. The number of ether oxygens (including phenoxy) is 1. The van der Waals surface area contributed by atoms with Crippen LogP contribution < -0.4 is 15.4 Å². The lowest BCUT2D eigenvalue weighted by Crippen LogP contribution is -2.13. The molecule has 3 aromatic carbocycles. The number of aryl methyl sites for hydroxylation is 2. The molecule has 0 saturated carbocycles. The molecule has 0 aromatic heterocycles. The van der Waals surface area contributed by atoms with Crippen molar-refractivity contribution in [2.45, 2.75) is 13.8 Å². The normalized spacial score (nSPS) is 10.6. The van der Waals surface area contributed by atoms with Gasteiger partial charge in [0.25, 0.3) is 5.91 Å². The molecule has 30 heavy (non-hydrogen) atoms. The molecule has 0 spiro atoms. The van der Waals surface area contributed by atoms with E-state index in [1.807, 2.05) is 38.1 Å². The summed E-state index contributed by atoms with van der Waals surface area (Å²) in [6, 6.07) is 20.0. The summed E-state index contributed by atoms with van der Waals surface area (Å²) >= 11 is 0. The van der Waals surface area contributed by atoms with E-state index in [2.05, 4.69) is 16.7 Å². The van der Waals surface area contributed by atoms with Gasteiger partial charge in [-0.05, 0) is 67.4 Å². The first kappa shape index (κ1) is 20.9. The lowest BCUT2D eigenvalue weighted by Gasteiger charge is -2.10. The molecule has 0 radical (unpaired) electrons. The van der Waals surface area contributed by atoms with Gasteiger partial charge in [0.1, 0.15) is 5.75 Å². The van der Waals surface area contributed by atoms with Crippen molar-refractivity contribution in [3.63, 3.8) is 0 Å². The second-order valence-corrected chi connectivity index (χ2v) is 6.91. The topological polar surface area (TPSA) is 67.4 Å². The molecule has 5 heteroatoms. The van der Waals surface area contributed by atoms with Crippen LogP contribution >= 0.6 is 0 Å². The quantitative estimate of drug-likeness (QED) is 0.558. The molecule has 0 saturated heterocycles. The molecule has 0 aliphatic carbocycles. The maximum absolute atomic E-state index is 12.5. The predicted octanol–water partition coefficient (Wildman–Crippen LogP) is 5.22. The first-order valence-corrected chi connectivity index (χ1v) is 9.57. The summed E-state index contributed by atoms with van der Waals surface area (Å²) < 4.78 is 5.24. The molecule has 2 amide bonds. The van der Waals surface area contributed by atoms with Crippen LogP contribution in [0.25, 0.3) is 6.08 Å². The van der Waals surface area contributed by atoms with E-state index in [0.29, 0.717) is 22.7 Å². The molecule has 0 unspecified atom stereocenters. The maximum Gasteiger partial charge on any atom is 0.255 e. The zero-order valence-corrected chi connectivity index (χ0v) is 17.2. The summed E-state index contributed by atoms with van der Waals surface area (Å²) in [7, 11) is 1.55. The van der Waals surface area contributed by atoms with E-state index in [0.717, 1.165) is 11.1 Å². The number of benzene rings is 3. The van der Waals surface area contributed by atoms with E-state index >= 15 is 0 Å². The molecule has 0 atom stereocenters. The van der Waals surface area contributed by atoms with Crippen LogP contribution in [0.5, 0.6) is 5.75 Å². The molecule has 152 valence electrons. The van der Waals surface area contributed by atoms with Crippen LogP contribution in [0.2, 0.25) is 0 Å². The van der Waals surface area contributed by atoms with Crippen molar-refractivity contribution >= 4 is 29.3 Å². The molecule has 3 aromatic rings. The number of amides is 2. The second-order valence-electron chi connectivity index (χ2n) is 6.91. The Morgan fingerprint density at radius 1 is 0.900 bits per heavy atom. The number of rotatable bonds is 6. The molecule has 0 fully saturated rings. The zero-order valence-electron chi connectivity index (χ0n) is 17.2. The van der Waals surface area contributed by atoms with Crippen LogP contribution in [0.4, 0.5) is 11.4 Å². The number of methoxy groups -OCH3 is 1. The Kier molecular flexibility index (Phi) is 6.65. The average Bonchev–Trinajstić information content (AvgIpc) is 2.74. The van der Waals surface area contributed by atoms with Gasteiger partial charge in [-0.3, -0.25) is 9.59 Å². The smallest absolute Gasteiger partial charge is 0.255 e. The minimum atomic E-state index is -0.257. The Hall–Kier alpha value is -3.86. The van der Waals surface area contributed by atoms with Crippen molar-refractivity contribution in [1.29, 1.82) is 0 Å². The number of carbonyl (C=O) groups excluding carboxylic acids is 2. The van der Waals surface area contributed by atoms with E-state index in [1.54, 1.807) is 49.6 Å². The Bertz CT molecular complexity index is 1090. The highest BCUT2D eigenvalue weighted by molar-refractivity contribution is 6.06. The van der Waals surface area contributed by atoms with Gasteiger partial charge in [0, 0.05) is 17.3 Å². The lowest BCUT2D eigenvalue weighted by molar-refractivity contribution is -0.111.